The van der Waals surface area contributed by atoms with Crippen molar-refractivity contribution in [2.45, 2.75) is 5.41 Å². The summed E-state index contributed by atoms with van der Waals surface area (Å²) in [6.45, 7) is 0. The van der Waals surface area contributed by atoms with E-state index in [2.05, 4.69) is 164 Å². The van der Waals surface area contributed by atoms with Gasteiger partial charge < -0.3 is 0 Å². The van der Waals surface area contributed by atoms with Gasteiger partial charge in [0.25, 0.3) is 0 Å². The number of aromatic nitrogens is 2. The van der Waals surface area contributed by atoms with Crippen LogP contribution in [0.15, 0.2) is 170 Å². The molecule has 10 rings (SSSR count). The molecule has 1 aromatic heterocycles. The SMILES string of the molecule is c1ccc(-c2nc(-c3ccc(-c4ccc5ccccc5c4)cc3)c3c(n2)-c2ccccc2C32c3ccccc3-c3ccccc32)cc1. The zero-order chi connectivity index (χ0) is 31.0. The van der Waals surface area contributed by atoms with Gasteiger partial charge in [-0.05, 0) is 55.8 Å². The lowest BCUT2D eigenvalue weighted by Gasteiger charge is -2.31. The van der Waals surface area contributed by atoms with E-state index in [9.17, 15) is 0 Å². The Morgan fingerprint density at radius 2 is 0.851 bits per heavy atom. The van der Waals surface area contributed by atoms with Crippen molar-refractivity contribution < 1.29 is 0 Å². The van der Waals surface area contributed by atoms with E-state index in [1.54, 1.807) is 0 Å². The van der Waals surface area contributed by atoms with Crippen LogP contribution in [0.1, 0.15) is 22.3 Å². The molecule has 0 fully saturated rings. The summed E-state index contributed by atoms with van der Waals surface area (Å²) in [5, 5.41) is 2.49. The highest BCUT2D eigenvalue weighted by molar-refractivity contribution is 5.97. The van der Waals surface area contributed by atoms with E-state index in [1.807, 2.05) is 6.07 Å². The number of hydrogen-bond acceptors (Lipinski definition) is 2. The molecule has 2 aliphatic rings. The molecule has 0 N–H and O–H groups in total. The fraction of sp³-hybridized carbons (Fsp3) is 0.0222. The summed E-state index contributed by atoms with van der Waals surface area (Å²) < 4.78 is 0. The Hall–Kier alpha value is -6.12. The third-order valence-electron chi connectivity index (χ3n) is 10.1. The van der Waals surface area contributed by atoms with E-state index in [-0.39, 0.29) is 0 Å². The Morgan fingerprint density at radius 1 is 0.340 bits per heavy atom. The average Bonchev–Trinajstić information content (AvgIpc) is 3.62. The van der Waals surface area contributed by atoms with Crippen LogP contribution < -0.4 is 0 Å². The third kappa shape index (κ3) is 3.67. The molecule has 7 aromatic carbocycles. The summed E-state index contributed by atoms with van der Waals surface area (Å²) in [5.41, 5.74) is 14.7. The van der Waals surface area contributed by atoms with Gasteiger partial charge in [-0.2, -0.15) is 0 Å². The first kappa shape index (κ1) is 26.1. The van der Waals surface area contributed by atoms with Crippen LogP contribution >= 0.6 is 0 Å². The Bertz CT molecular complexity index is 2470. The lowest BCUT2D eigenvalue weighted by atomic mass is 9.69. The van der Waals surface area contributed by atoms with Crippen LogP contribution in [0.5, 0.6) is 0 Å². The minimum atomic E-state index is -0.527. The fourth-order valence-electron chi connectivity index (χ4n) is 8.07. The molecular formula is C45H28N2. The first-order chi connectivity index (χ1) is 23.3. The van der Waals surface area contributed by atoms with E-state index in [0.29, 0.717) is 0 Å². The Kier molecular flexibility index (Phi) is 5.53. The standard InChI is InChI=1S/C45H28N2/c1-2-13-32(14-3-1)44-46-42(31-25-22-30(23-26-31)34-27-24-29-12-4-5-15-33(29)28-34)41-43(47-44)37-18-8-11-21-40(37)45(41)38-19-9-6-16-35(38)36-17-7-10-20-39(36)45/h1-28H. The van der Waals surface area contributed by atoms with Crippen molar-refractivity contribution in [1.29, 1.82) is 0 Å². The topological polar surface area (TPSA) is 25.8 Å². The molecule has 0 bridgehead atoms. The number of fused-ring (bicyclic) bond motifs is 11. The molecule has 2 aliphatic carbocycles. The molecule has 0 saturated heterocycles. The number of nitrogens with zero attached hydrogens (tertiary/aromatic N) is 2. The molecule has 0 aliphatic heterocycles. The minimum Gasteiger partial charge on any atom is -0.228 e. The summed E-state index contributed by atoms with van der Waals surface area (Å²) in [6, 6.07) is 61.2. The second-order valence-corrected chi connectivity index (χ2v) is 12.5. The smallest absolute Gasteiger partial charge is 0.160 e. The number of hydrogen-bond donors (Lipinski definition) is 0. The number of benzene rings is 7. The van der Waals surface area contributed by atoms with Crippen LogP contribution in [0.4, 0.5) is 0 Å². The van der Waals surface area contributed by atoms with Gasteiger partial charge in [-0.25, -0.2) is 9.97 Å². The van der Waals surface area contributed by atoms with E-state index >= 15 is 0 Å². The van der Waals surface area contributed by atoms with Crippen molar-refractivity contribution in [3.63, 3.8) is 0 Å². The Balaban J connectivity index is 1.26. The fourth-order valence-corrected chi connectivity index (χ4v) is 8.07. The van der Waals surface area contributed by atoms with Crippen molar-refractivity contribution >= 4 is 10.8 Å². The quantitative estimate of drug-likeness (QED) is 0.203. The van der Waals surface area contributed by atoms with Gasteiger partial charge in [0.2, 0.25) is 0 Å². The van der Waals surface area contributed by atoms with Gasteiger partial charge in [-0.3, -0.25) is 0 Å². The van der Waals surface area contributed by atoms with Crippen molar-refractivity contribution in [2.24, 2.45) is 0 Å². The second kappa shape index (κ2) is 9.94. The van der Waals surface area contributed by atoms with Gasteiger partial charge in [-0.15, -0.1) is 0 Å². The normalized spacial score (nSPS) is 13.3. The van der Waals surface area contributed by atoms with E-state index < -0.39 is 5.41 Å². The molecule has 2 nitrogen and oxygen atoms in total. The maximum absolute atomic E-state index is 5.46. The van der Waals surface area contributed by atoms with Crippen LogP contribution in [0, 0.1) is 0 Å². The first-order valence-corrected chi connectivity index (χ1v) is 16.2. The van der Waals surface area contributed by atoms with Gasteiger partial charge in [0.05, 0.1) is 16.8 Å². The second-order valence-electron chi connectivity index (χ2n) is 12.5. The van der Waals surface area contributed by atoms with Crippen molar-refractivity contribution in [3.05, 3.63) is 192 Å². The Labute approximate surface area is 273 Å². The summed E-state index contributed by atoms with van der Waals surface area (Å²) >= 11 is 0. The molecule has 0 atom stereocenters. The molecule has 0 saturated carbocycles. The predicted octanol–water partition coefficient (Wildman–Crippen LogP) is 11.0. The third-order valence-corrected chi connectivity index (χ3v) is 10.1. The maximum Gasteiger partial charge on any atom is 0.160 e. The minimum absolute atomic E-state index is 0.527. The first-order valence-electron chi connectivity index (χ1n) is 16.2. The largest absolute Gasteiger partial charge is 0.228 e. The van der Waals surface area contributed by atoms with Crippen LogP contribution in [0.3, 0.4) is 0 Å². The van der Waals surface area contributed by atoms with Crippen LogP contribution in [-0.4, -0.2) is 9.97 Å². The summed E-state index contributed by atoms with van der Waals surface area (Å²) in [6.07, 6.45) is 0. The van der Waals surface area contributed by atoms with E-state index in [4.69, 9.17) is 9.97 Å². The maximum atomic E-state index is 5.46. The van der Waals surface area contributed by atoms with Gasteiger partial charge in [-0.1, -0.05) is 164 Å². The molecule has 1 spiro atoms. The number of rotatable bonds is 3. The van der Waals surface area contributed by atoms with Crippen molar-refractivity contribution in [2.75, 3.05) is 0 Å². The average molecular weight is 597 g/mol. The van der Waals surface area contributed by atoms with Crippen molar-refractivity contribution in [1.82, 2.24) is 9.97 Å². The monoisotopic (exact) mass is 596 g/mol. The van der Waals surface area contributed by atoms with Crippen LogP contribution in [0.2, 0.25) is 0 Å². The molecule has 47 heavy (non-hydrogen) atoms. The molecule has 0 unspecified atom stereocenters. The zero-order valence-corrected chi connectivity index (χ0v) is 25.6. The molecule has 218 valence electrons. The Morgan fingerprint density at radius 3 is 1.55 bits per heavy atom. The van der Waals surface area contributed by atoms with Gasteiger partial charge in [0, 0.05) is 22.3 Å². The highest BCUT2D eigenvalue weighted by atomic mass is 14.9. The molecule has 0 amide bonds. The molecular weight excluding hydrogens is 569 g/mol. The summed E-state index contributed by atoms with van der Waals surface area (Å²) in [4.78, 5) is 10.9. The van der Waals surface area contributed by atoms with Crippen molar-refractivity contribution in [3.8, 4) is 56.2 Å². The summed E-state index contributed by atoms with van der Waals surface area (Å²) in [5.74, 6) is 0.740. The highest BCUT2D eigenvalue weighted by Gasteiger charge is 2.54. The van der Waals surface area contributed by atoms with E-state index in [1.165, 1.54) is 55.3 Å². The lowest BCUT2D eigenvalue weighted by Crippen LogP contribution is -2.27. The highest BCUT2D eigenvalue weighted by Crippen LogP contribution is 2.64. The van der Waals surface area contributed by atoms with Crippen LogP contribution in [0.25, 0.3) is 66.9 Å². The molecule has 0 radical (unpaired) electrons. The van der Waals surface area contributed by atoms with Gasteiger partial charge >= 0.3 is 0 Å². The van der Waals surface area contributed by atoms with Gasteiger partial charge in [0.15, 0.2) is 5.82 Å². The summed E-state index contributed by atoms with van der Waals surface area (Å²) in [7, 11) is 0. The molecule has 1 heterocycles. The zero-order valence-electron chi connectivity index (χ0n) is 25.6. The lowest BCUT2D eigenvalue weighted by molar-refractivity contribution is 0.788. The molecule has 8 aromatic rings. The van der Waals surface area contributed by atoms with E-state index in [0.717, 1.165) is 33.9 Å². The van der Waals surface area contributed by atoms with Gasteiger partial charge in [0.1, 0.15) is 0 Å². The molecule has 2 heteroatoms. The predicted molar refractivity (Wildman–Crippen MR) is 192 cm³/mol. The van der Waals surface area contributed by atoms with Crippen LogP contribution in [-0.2, 0) is 5.41 Å².